The molecule has 0 saturated carbocycles. The summed E-state index contributed by atoms with van der Waals surface area (Å²) in [5.74, 6) is -1.60. The van der Waals surface area contributed by atoms with Gasteiger partial charge >= 0.3 is 0 Å². The van der Waals surface area contributed by atoms with Crippen LogP contribution in [0.25, 0.3) is 0 Å². The number of amides is 1. The normalized spacial score (nSPS) is 14.1. The largest absolute Gasteiger partial charge is 0.507 e. The van der Waals surface area contributed by atoms with E-state index in [0.29, 0.717) is 6.29 Å². The van der Waals surface area contributed by atoms with Crippen molar-refractivity contribution in [2.75, 3.05) is 0 Å². The summed E-state index contributed by atoms with van der Waals surface area (Å²) in [4.78, 5) is 21.2. The maximum Gasteiger partial charge on any atom is 0.249 e. The predicted molar refractivity (Wildman–Crippen MR) is 53.7 cm³/mol. The molecular weight excluding hydrogens is 214 g/mol. The minimum Gasteiger partial charge on any atom is -0.507 e. The molecule has 16 heavy (non-hydrogen) atoms. The molecule has 6 heteroatoms. The van der Waals surface area contributed by atoms with Gasteiger partial charge in [-0.05, 0) is 6.07 Å². The molecule has 2 atom stereocenters. The Morgan fingerprint density at radius 3 is 2.50 bits per heavy atom. The summed E-state index contributed by atoms with van der Waals surface area (Å²) in [6.45, 7) is 0. The van der Waals surface area contributed by atoms with E-state index in [1.54, 1.807) is 0 Å². The fraction of sp³-hybridized carbons (Fsp3) is 0.200. The van der Waals surface area contributed by atoms with Crippen LogP contribution in [0.2, 0.25) is 0 Å². The van der Waals surface area contributed by atoms with Gasteiger partial charge in [0.15, 0.2) is 12.4 Å². The van der Waals surface area contributed by atoms with E-state index in [0.717, 1.165) is 0 Å². The van der Waals surface area contributed by atoms with Gasteiger partial charge in [0.2, 0.25) is 5.91 Å². The number of carbonyl (C=O) groups is 2. The van der Waals surface area contributed by atoms with Gasteiger partial charge in [0, 0.05) is 5.56 Å². The SMILES string of the molecule is NC(=O)C(O)C(O)c1cccc(C=O)c1O. The Labute approximate surface area is 90.9 Å². The highest BCUT2D eigenvalue weighted by Gasteiger charge is 2.26. The lowest BCUT2D eigenvalue weighted by Gasteiger charge is -2.16. The second-order valence-corrected chi connectivity index (χ2v) is 3.19. The highest BCUT2D eigenvalue weighted by Crippen LogP contribution is 2.28. The van der Waals surface area contributed by atoms with Gasteiger partial charge in [0.05, 0.1) is 5.56 Å². The monoisotopic (exact) mass is 225 g/mol. The molecule has 0 aromatic heterocycles. The first-order valence-electron chi connectivity index (χ1n) is 4.41. The number of aldehydes is 1. The topological polar surface area (TPSA) is 121 Å². The van der Waals surface area contributed by atoms with Crippen LogP contribution in [0.15, 0.2) is 18.2 Å². The van der Waals surface area contributed by atoms with Crippen LogP contribution in [0.4, 0.5) is 0 Å². The molecule has 86 valence electrons. The third-order valence-corrected chi connectivity index (χ3v) is 2.13. The van der Waals surface area contributed by atoms with Crippen LogP contribution >= 0.6 is 0 Å². The average molecular weight is 225 g/mol. The summed E-state index contributed by atoms with van der Waals surface area (Å²) in [6.07, 6.45) is -3.12. The quantitative estimate of drug-likeness (QED) is 0.494. The van der Waals surface area contributed by atoms with Crippen molar-refractivity contribution in [3.05, 3.63) is 29.3 Å². The standard InChI is InChI=1S/C10H11NO5/c11-10(16)9(15)8(14)6-3-1-2-5(4-12)7(6)13/h1-4,8-9,13-15H,(H2,11,16). The first-order chi connectivity index (χ1) is 7.49. The number of aliphatic hydroxyl groups is 2. The van der Waals surface area contributed by atoms with E-state index in [-0.39, 0.29) is 11.1 Å². The molecule has 6 nitrogen and oxygen atoms in total. The van der Waals surface area contributed by atoms with Gasteiger partial charge in [-0.2, -0.15) is 0 Å². The number of benzene rings is 1. The Morgan fingerprint density at radius 1 is 1.38 bits per heavy atom. The minimum absolute atomic E-state index is 0.0479. The summed E-state index contributed by atoms with van der Waals surface area (Å²) >= 11 is 0. The Balaban J connectivity index is 3.13. The number of aromatic hydroxyl groups is 1. The van der Waals surface area contributed by atoms with Crippen molar-refractivity contribution in [2.24, 2.45) is 5.73 Å². The van der Waals surface area contributed by atoms with E-state index in [4.69, 9.17) is 5.73 Å². The Kier molecular flexibility index (Phi) is 3.60. The van der Waals surface area contributed by atoms with Crippen LogP contribution in [0.3, 0.4) is 0 Å². The second-order valence-electron chi connectivity index (χ2n) is 3.19. The molecule has 0 spiro atoms. The third-order valence-electron chi connectivity index (χ3n) is 2.13. The number of primary amides is 1. The Morgan fingerprint density at radius 2 is 2.00 bits per heavy atom. The number of phenols is 1. The number of para-hydroxylation sites is 1. The zero-order valence-corrected chi connectivity index (χ0v) is 8.20. The third kappa shape index (κ3) is 2.18. The van der Waals surface area contributed by atoms with Gasteiger partial charge in [-0.1, -0.05) is 12.1 Å². The number of hydrogen-bond donors (Lipinski definition) is 4. The molecule has 1 aromatic rings. The molecule has 2 unspecified atom stereocenters. The van der Waals surface area contributed by atoms with Gasteiger partial charge < -0.3 is 21.1 Å². The summed E-state index contributed by atoms with van der Waals surface area (Å²) < 4.78 is 0. The van der Waals surface area contributed by atoms with E-state index >= 15 is 0 Å². The molecule has 0 aliphatic carbocycles. The molecule has 1 rings (SSSR count). The molecular formula is C10H11NO5. The minimum atomic E-state index is -1.84. The average Bonchev–Trinajstić information content (AvgIpc) is 2.27. The molecule has 0 aliphatic rings. The zero-order valence-electron chi connectivity index (χ0n) is 8.20. The van der Waals surface area contributed by atoms with Crippen LogP contribution in [0.1, 0.15) is 22.0 Å². The fourth-order valence-electron chi connectivity index (χ4n) is 1.24. The van der Waals surface area contributed by atoms with Gasteiger partial charge in [-0.3, -0.25) is 9.59 Å². The van der Waals surface area contributed by atoms with Crippen molar-refractivity contribution >= 4 is 12.2 Å². The number of hydrogen-bond acceptors (Lipinski definition) is 5. The van der Waals surface area contributed by atoms with Crippen molar-refractivity contribution in [3.8, 4) is 5.75 Å². The lowest BCUT2D eigenvalue weighted by Crippen LogP contribution is -2.33. The van der Waals surface area contributed by atoms with Crippen molar-refractivity contribution < 1.29 is 24.9 Å². The molecule has 0 radical (unpaired) electrons. The maximum atomic E-state index is 10.6. The number of aliphatic hydroxyl groups excluding tert-OH is 2. The van der Waals surface area contributed by atoms with Crippen molar-refractivity contribution in [1.29, 1.82) is 0 Å². The van der Waals surface area contributed by atoms with Crippen LogP contribution in [-0.4, -0.2) is 33.6 Å². The van der Waals surface area contributed by atoms with Gasteiger partial charge in [0.1, 0.15) is 11.9 Å². The number of nitrogens with two attached hydrogens (primary N) is 1. The Bertz CT molecular complexity index is 418. The second kappa shape index (κ2) is 4.73. The molecule has 0 heterocycles. The van der Waals surface area contributed by atoms with Crippen molar-refractivity contribution in [2.45, 2.75) is 12.2 Å². The molecule has 0 fully saturated rings. The number of rotatable bonds is 4. The van der Waals surface area contributed by atoms with E-state index in [2.05, 4.69) is 0 Å². The summed E-state index contributed by atoms with van der Waals surface area (Å²) in [6, 6.07) is 4.00. The summed E-state index contributed by atoms with van der Waals surface area (Å²) in [5.41, 5.74) is 4.62. The van der Waals surface area contributed by atoms with Crippen LogP contribution in [0.5, 0.6) is 5.75 Å². The van der Waals surface area contributed by atoms with Crippen LogP contribution in [0, 0.1) is 0 Å². The molecule has 0 bridgehead atoms. The molecule has 1 amide bonds. The molecule has 0 saturated heterocycles. The summed E-state index contributed by atoms with van der Waals surface area (Å²) in [7, 11) is 0. The first kappa shape index (κ1) is 12.2. The van der Waals surface area contributed by atoms with E-state index in [1.807, 2.05) is 0 Å². The van der Waals surface area contributed by atoms with Crippen LogP contribution in [-0.2, 0) is 4.79 Å². The highest BCUT2D eigenvalue weighted by molar-refractivity contribution is 5.82. The number of carbonyl (C=O) groups excluding carboxylic acids is 2. The maximum absolute atomic E-state index is 10.6. The van der Waals surface area contributed by atoms with Crippen molar-refractivity contribution in [3.63, 3.8) is 0 Å². The Hall–Kier alpha value is -1.92. The smallest absolute Gasteiger partial charge is 0.249 e. The van der Waals surface area contributed by atoms with Gasteiger partial charge in [-0.25, -0.2) is 0 Å². The van der Waals surface area contributed by atoms with Crippen molar-refractivity contribution in [1.82, 2.24) is 0 Å². The van der Waals surface area contributed by atoms with Gasteiger partial charge in [0.25, 0.3) is 0 Å². The highest BCUT2D eigenvalue weighted by atomic mass is 16.3. The lowest BCUT2D eigenvalue weighted by atomic mass is 10.0. The molecule has 1 aromatic carbocycles. The van der Waals surface area contributed by atoms with Crippen LogP contribution < -0.4 is 5.73 Å². The summed E-state index contributed by atoms with van der Waals surface area (Å²) in [5, 5.41) is 28.3. The first-order valence-corrected chi connectivity index (χ1v) is 4.41. The fourth-order valence-corrected chi connectivity index (χ4v) is 1.24. The van der Waals surface area contributed by atoms with E-state index in [1.165, 1.54) is 18.2 Å². The zero-order chi connectivity index (χ0) is 12.3. The molecule has 5 N–H and O–H groups in total. The number of phenolic OH excluding ortho intramolecular Hbond substituents is 1. The molecule has 0 aliphatic heterocycles. The predicted octanol–water partition coefficient (Wildman–Crippen LogP) is -0.916. The van der Waals surface area contributed by atoms with E-state index in [9.17, 15) is 24.9 Å². The lowest BCUT2D eigenvalue weighted by molar-refractivity contribution is -0.132. The van der Waals surface area contributed by atoms with Gasteiger partial charge in [-0.15, -0.1) is 0 Å². The van der Waals surface area contributed by atoms with E-state index < -0.39 is 23.9 Å².